The van der Waals surface area contributed by atoms with E-state index in [0.717, 1.165) is 31.6 Å². The lowest BCUT2D eigenvalue weighted by Gasteiger charge is -2.34. The Labute approximate surface area is 114 Å². The summed E-state index contributed by atoms with van der Waals surface area (Å²) in [7, 11) is 0. The molecule has 2 rings (SSSR count). The number of amides is 1. The molecule has 0 bridgehead atoms. The van der Waals surface area contributed by atoms with Gasteiger partial charge in [0.25, 0.3) is 0 Å². The van der Waals surface area contributed by atoms with Crippen LogP contribution in [-0.2, 0) is 4.79 Å². The van der Waals surface area contributed by atoms with Crippen molar-refractivity contribution in [2.75, 3.05) is 13.1 Å². The Hall–Kier alpha value is -1.68. The minimum atomic E-state index is 0.0519. The summed E-state index contributed by atoms with van der Waals surface area (Å²) < 4.78 is 0. The molecule has 19 heavy (non-hydrogen) atoms. The van der Waals surface area contributed by atoms with Gasteiger partial charge in [0.15, 0.2) is 0 Å². The molecular formula is C15H21N3O. The maximum Gasteiger partial charge on any atom is 0.246 e. The molecule has 2 unspecified atom stereocenters. The third kappa shape index (κ3) is 3.89. The van der Waals surface area contributed by atoms with Gasteiger partial charge < -0.3 is 10.6 Å². The molecule has 1 amide bonds. The second-order valence-electron chi connectivity index (χ2n) is 5.13. The Morgan fingerprint density at radius 3 is 3.11 bits per heavy atom. The van der Waals surface area contributed by atoms with Crippen LogP contribution in [0.2, 0.25) is 0 Å². The highest BCUT2D eigenvalue weighted by molar-refractivity contribution is 5.91. The van der Waals surface area contributed by atoms with E-state index in [9.17, 15) is 4.79 Å². The molecule has 1 saturated heterocycles. The molecule has 0 aromatic carbocycles. The van der Waals surface area contributed by atoms with Gasteiger partial charge in [-0.3, -0.25) is 9.78 Å². The van der Waals surface area contributed by atoms with Gasteiger partial charge in [-0.1, -0.05) is 6.07 Å². The van der Waals surface area contributed by atoms with Crippen molar-refractivity contribution >= 4 is 12.0 Å². The predicted octanol–water partition coefficient (Wildman–Crippen LogP) is 1.68. The Balaban J connectivity index is 1.94. The summed E-state index contributed by atoms with van der Waals surface area (Å²) in [5.74, 6) is 0.469. The fourth-order valence-corrected chi connectivity index (χ4v) is 2.38. The van der Waals surface area contributed by atoms with E-state index in [-0.39, 0.29) is 11.9 Å². The first kappa shape index (κ1) is 13.7. The first-order valence-corrected chi connectivity index (χ1v) is 6.80. The number of piperidine rings is 1. The van der Waals surface area contributed by atoms with Crippen LogP contribution in [0.1, 0.15) is 25.5 Å². The Morgan fingerprint density at radius 1 is 1.58 bits per heavy atom. The monoisotopic (exact) mass is 259 g/mol. The first-order valence-electron chi connectivity index (χ1n) is 6.80. The molecule has 0 spiro atoms. The van der Waals surface area contributed by atoms with Crippen molar-refractivity contribution in [1.82, 2.24) is 9.88 Å². The highest BCUT2D eigenvalue weighted by atomic mass is 16.2. The summed E-state index contributed by atoms with van der Waals surface area (Å²) in [6.07, 6.45) is 7.24. The maximum absolute atomic E-state index is 12.1. The average Bonchev–Trinajstić information content (AvgIpc) is 2.46. The van der Waals surface area contributed by atoms with Crippen LogP contribution in [0.5, 0.6) is 0 Å². The third-order valence-corrected chi connectivity index (χ3v) is 3.60. The van der Waals surface area contributed by atoms with Crippen molar-refractivity contribution in [2.24, 2.45) is 11.7 Å². The third-order valence-electron chi connectivity index (χ3n) is 3.60. The second-order valence-corrected chi connectivity index (χ2v) is 5.13. The van der Waals surface area contributed by atoms with E-state index in [1.807, 2.05) is 30.0 Å². The fourth-order valence-electron chi connectivity index (χ4n) is 2.38. The largest absolute Gasteiger partial charge is 0.339 e. The lowest BCUT2D eigenvalue weighted by molar-refractivity contribution is -0.127. The van der Waals surface area contributed by atoms with Crippen LogP contribution >= 0.6 is 0 Å². The fraction of sp³-hybridized carbons (Fsp3) is 0.467. The van der Waals surface area contributed by atoms with Gasteiger partial charge in [-0.25, -0.2) is 0 Å². The zero-order chi connectivity index (χ0) is 13.7. The molecule has 1 aliphatic rings. The Morgan fingerprint density at radius 2 is 2.42 bits per heavy atom. The lowest BCUT2D eigenvalue weighted by atomic mass is 9.92. The molecule has 1 aliphatic heterocycles. The average molecular weight is 259 g/mol. The van der Waals surface area contributed by atoms with Crippen molar-refractivity contribution in [3.63, 3.8) is 0 Å². The SMILES string of the molecule is CC(N)C1CCCN(C(=O)/C=C/c2ccccn2)C1. The van der Waals surface area contributed by atoms with Crippen LogP contribution in [0.4, 0.5) is 0 Å². The second kappa shape index (κ2) is 6.48. The summed E-state index contributed by atoms with van der Waals surface area (Å²) in [5.41, 5.74) is 6.73. The van der Waals surface area contributed by atoms with Gasteiger partial charge in [-0.2, -0.15) is 0 Å². The summed E-state index contributed by atoms with van der Waals surface area (Å²) in [4.78, 5) is 18.2. The number of likely N-dealkylation sites (tertiary alicyclic amines) is 1. The van der Waals surface area contributed by atoms with Crippen molar-refractivity contribution in [1.29, 1.82) is 0 Å². The molecule has 102 valence electrons. The summed E-state index contributed by atoms with van der Waals surface area (Å²) in [5, 5.41) is 0. The van der Waals surface area contributed by atoms with E-state index in [2.05, 4.69) is 4.98 Å². The van der Waals surface area contributed by atoms with E-state index in [4.69, 9.17) is 5.73 Å². The van der Waals surface area contributed by atoms with E-state index in [1.54, 1.807) is 18.3 Å². The van der Waals surface area contributed by atoms with Crippen LogP contribution in [-0.4, -0.2) is 34.9 Å². The number of hydrogen-bond donors (Lipinski definition) is 1. The van der Waals surface area contributed by atoms with Crippen molar-refractivity contribution in [3.05, 3.63) is 36.2 Å². The van der Waals surface area contributed by atoms with Crippen molar-refractivity contribution in [3.8, 4) is 0 Å². The summed E-state index contributed by atoms with van der Waals surface area (Å²) >= 11 is 0. The van der Waals surface area contributed by atoms with Gasteiger partial charge in [-0.15, -0.1) is 0 Å². The number of nitrogens with two attached hydrogens (primary N) is 1. The van der Waals surface area contributed by atoms with Crippen molar-refractivity contribution < 1.29 is 4.79 Å². The van der Waals surface area contributed by atoms with Gasteiger partial charge in [0, 0.05) is 31.4 Å². The molecule has 2 heterocycles. The maximum atomic E-state index is 12.1. The number of nitrogens with zero attached hydrogens (tertiary/aromatic N) is 2. The van der Waals surface area contributed by atoms with Crippen LogP contribution in [0.15, 0.2) is 30.5 Å². The molecular weight excluding hydrogens is 238 g/mol. The highest BCUT2D eigenvalue weighted by Crippen LogP contribution is 2.19. The van der Waals surface area contributed by atoms with Gasteiger partial charge in [0.1, 0.15) is 0 Å². The Kier molecular flexibility index (Phi) is 4.68. The molecule has 4 nitrogen and oxygen atoms in total. The topological polar surface area (TPSA) is 59.2 Å². The van der Waals surface area contributed by atoms with Crippen LogP contribution in [0.25, 0.3) is 6.08 Å². The number of pyridine rings is 1. The molecule has 0 radical (unpaired) electrons. The van der Waals surface area contributed by atoms with E-state index in [0.29, 0.717) is 5.92 Å². The van der Waals surface area contributed by atoms with Crippen LogP contribution in [0, 0.1) is 5.92 Å². The van der Waals surface area contributed by atoms with Crippen molar-refractivity contribution in [2.45, 2.75) is 25.8 Å². The Bertz CT molecular complexity index is 442. The zero-order valence-electron chi connectivity index (χ0n) is 11.3. The van der Waals surface area contributed by atoms with E-state index in [1.165, 1.54) is 0 Å². The quantitative estimate of drug-likeness (QED) is 0.840. The van der Waals surface area contributed by atoms with E-state index < -0.39 is 0 Å². The van der Waals surface area contributed by atoms with Crippen LogP contribution < -0.4 is 5.73 Å². The molecule has 1 aromatic rings. The highest BCUT2D eigenvalue weighted by Gasteiger charge is 2.24. The molecule has 0 aliphatic carbocycles. The number of carbonyl (C=O) groups excluding carboxylic acids is 1. The van der Waals surface area contributed by atoms with E-state index >= 15 is 0 Å². The minimum Gasteiger partial charge on any atom is -0.339 e. The molecule has 2 atom stereocenters. The molecule has 0 saturated carbocycles. The van der Waals surface area contributed by atoms with Gasteiger partial charge in [0.05, 0.1) is 5.69 Å². The lowest BCUT2D eigenvalue weighted by Crippen LogP contribution is -2.44. The predicted molar refractivity (Wildman–Crippen MR) is 76.2 cm³/mol. The number of carbonyl (C=O) groups is 1. The first-order chi connectivity index (χ1) is 9.16. The molecule has 2 N–H and O–H groups in total. The van der Waals surface area contributed by atoms with Gasteiger partial charge >= 0.3 is 0 Å². The molecule has 1 aromatic heterocycles. The number of rotatable bonds is 3. The summed E-state index contributed by atoms with van der Waals surface area (Å²) in [6, 6.07) is 5.79. The number of aromatic nitrogens is 1. The van der Waals surface area contributed by atoms with Gasteiger partial charge in [-0.05, 0) is 43.9 Å². The molecule has 4 heteroatoms. The smallest absolute Gasteiger partial charge is 0.246 e. The normalized spacial score (nSPS) is 21.6. The molecule has 1 fully saturated rings. The van der Waals surface area contributed by atoms with Crippen LogP contribution in [0.3, 0.4) is 0 Å². The number of hydrogen-bond acceptors (Lipinski definition) is 3. The van der Waals surface area contributed by atoms with Gasteiger partial charge in [0.2, 0.25) is 5.91 Å². The minimum absolute atomic E-state index is 0.0519. The zero-order valence-corrected chi connectivity index (χ0v) is 11.3. The summed E-state index contributed by atoms with van der Waals surface area (Å²) in [6.45, 7) is 3.61. The standard InChI is InChI=1S/C15H21N3O/c1-12(16)13-5-4-10-18(11-13)15(19)8-7-14-6-2-3-9-17-14/h2-3,6-9,12-13H,4-5,10-11,16H2,1H3/b8-7+.